The maximum absolute atomic E-state index is 14.6. The Balaban J connectivity index is 2.12. The van der Waals surface area contributed by atoms with Crippen LogP contribution in [-0.4, -0.2) is 74.2 Å². The standard InChI is InChI=1S/C35H50N5O6P/c1-7-35(47-46,33(4,5)36)34(6,32(45)38-27-19-12-9-13-20-27)40(29(42)22-14-18-26-16-10-8-11-17-26)31(44)24(2)37-30(43)28-21-15-23-39(28)25(3)41/h8-13,16-17,19-20,24,28H,7,14-15,18,21-23,36,47H2,1-6H3,(H,37,43)(H,38,45)/t24-,28-,34+,35?/m0/s1. The van der Waals surface area contributed by atoms with Crippen molar-refractivity contribution in [2.45, 2.75) is 108 Å². The fourth-order valence-electron chi connectivity index (χ4n) is 6.83. The molecular weight excluding hydrogens is 617 g/mol. The lowest BCUT2D eigenvalue weighted by Crippen LogP contribution is -2.77. The van der Waals surface area contributed by atoms with Gasteiger partial charge in [-0.2, -0.15) is 0 Å². The number of nitrogens with zero attached hydrogens (tertiary/aromatic N) is 2. The molecule has 4 N–H and O–H groups in total. The molecule has 5 amide bonds. The van der Waals surface area contributed by atoms with Crippen molar-refractivity contribution in [1.82, 2.24) is 15.1 Å². The van der Waals surface area contributed by atoms with Crippen molar-refractivity contribution >= 4 is 43.7 Å². The Morgan fingerprint density at radius 3 is 2.15 bits per heavy atom. The van der Waals surface area contributed by atoms with Gasteiger partial charge in [-0.25, -0.2) is 0 Å². The Hall–Kier alpha value is -3.82. The van der Waals surface area contributed by atoms with E-state index in [1.165, 1.54) is 25.7 Å². The minimum Gasteiger partial charge on any atom is -0.343 e. The number of hydrogen-bond acceptors (Lipinski definition) is 7. The highest BCUT2D eigenvalue weighted by Gasteiger charge is 2.64. The second kappa shape index (κ2) is 15.8. The molecule has 1 aliphatic rings. The van der Waals surface area contributed by atoms with E-state index >= 15 is 0 Å². The lowest BCUT2D eigenvalue weighted by atomic mass is 9.69. The van der Waals surface area contributed by atoms with E-state index in [0.29, 0.717) is 37.9 Å². The number of carbonyl (C=O) groups is 5. The van der Waals surface area contributed by atoms with E-state index in [0.717, 1.165) is 10.5 Å². The van der Waals surface area contributed by atoms with Crippen LogP contribution in [0.4, 0.5) is 5.69 Å². The lowest BCUT2D eigenvalue weighted by molar-refractivity contribution is -0.161. The summed E-state index contributed by atoms with van der Waals surface area (Å²) in [6, 6.07) is 16.1. The minimum absolute atomic E-state index is 0.102. The number of para-hydroxylation sites is 1. The first-order valence-electron chi connectivity index (χ1n) is 16.2. The van der Waals surface area contributed by atoms with Gasteiger partial charge in [0.15, 0.2) is 0 Å². The van der Waals surface area contributed by atoms with Crippen LogP contribution >= 0.6 is 8.46 Å². The molecule has 0 aromatic heterocycles. The average Bonchev–Trinajstić information content (AvgIpc) is 3.53. The molecule has 12 heteroatoms. The molecule has 2 aromatic carbocycles. The zero-order valence-electron chi connectivity index (χ0n) is 28.4. The van der Waals surface area contributed by atoms with E-state index < -0.39 is 60.4 Å². The van der Waals surface area contributed by atoms with Crippen LogP contribution in [0.5, 0.6) is 0 Å². The van der Waals surface area contributed by atoms with Crippen molar-refractivity contribution in [1.29, 1.82) is 0 Å². The summed E-state index contributed by atoms with van der Waals surface area (Å²) in [6.45, 7) is 9.72. The van der Waals surface area contributed by atoms with Gasteiger partial charge in [-0.1, -0.05) is 55.5 Å². The molecule has 1 fully saturated rings. The van der Waals surface area contributed by atoms with E-state index in [1.54, 1.807) is 51.1 Å². The van der Waals surface area contributed by atoms with Gasteiger partial charge in [0, 0.05) is 31.1 Å². The number of hydrogen-bond donors (Lipinski definition) is 3. The first-order chi connectivity index (χ1) is 22.1. The lowest BCUT2D eigenvalue weighted by Gasteiger charge is -2.55. The Morgan fingerprint density at radius 1 is 1.02 bits per heavy atom. The molecule has 0 spiro atoms. The van der Waals surface area contributed by atoms with E-state index in [2.05, 4.69) is 10.6 Å². The monoisotopic (exact) mass is 667 g/mol. The third-order valence-corrected chi connectivity index (χ3v) is 11.7. The van der Waals surface area contributed by atoms with Gasteiger partial charge in [-0.3, -0.25) is 28.9 Å². The first-order valence-corrected chi connectivity index (χ1v) is 17.3. The summed E-state index contributed by atoms with van der Waals surface area (Å²) in [6.07, 6.45) is 1.99. The van der Waals surface area contributed by atoms with Gasteiger partial charge in [0.2, 0.25) is 17.7 Å². The second-order valence-electron chi connectivity index (χ2n) is 13.1. The third kappa shape index (κ3) is 8.01. The number of anilines is 1. The van der Waals surface area contributed by atoms with Crippen molar-refractivity contribution < 1.29 is 28.5 Å². The topological polar surface area (TPSA) is 159 Å². The first kappa shape index (κ1) is 37.6. The molecule has 1 aliphatic heterocycles. The van der Waals surface area contributed by atoms with Gasteiger partial charge in [-0.15, -0.1) is 0 Å². The number of nitrogens with two attached hydrogens (primary N) is 1. The van der Waals surface area contributed by atoms with Gasteiger partial charge in [-0.05, 0) is 77.5 Å². The van der Waals surface area contributed by atoms with Crippen LogP contribution < -0.4 is 16.4 Å². The molecule has 11 nitrogen and oxygen atoms in total. The van der Waals surface area contributed by atoms with Crippen molar-refractivity contribution in [3.8, 4) is 0 Å². The van der Waals surface area contributed by atoms with Gasteiger partial charge in [0.25, 0.3) is 11.8 Å². The van der Waals surface area contributed by atoms with Crippen LogP contribution in [0.15, 0.2) is 60.7 Å². The molecule has 256 valence electrons. The number of amides is 5. The van der Waals surface area contributed by atoms with Crippen LogP contribution in [0.3, 0.4) is 0 Å². The van der Waals surface area contributed by atoms with Crippen molar-refractivity contribution in [2.24, 2.45) is 5.73 Å². The number of likely N-dealkylation sites (tertiary alicyclic amines) is 1. The Labute approximate surface area is 279 Å². The summed E-state index contributed by atoms with van der Waals surface area (Å²) in [7, 11) is -1.83. The highest BCUT2D eigenvalue weighted by Crippen LogP contribution is 2.49. The number of carbonyl (C=O) groups excluding carboxylic acids is 5. The average molecular weight is 668 g/mol. The molecule has 1 heterocycles. The van der Waals surface area contributed by atoms with E-state index in [9.17, 15) is 28.5 Å². The highest BCUT2D eigenvalue weighted by molar-refractivity contribution is 7.26. The Kier molecular flexibility index (Phi) is 12.7. The summed E-state index contributed by atoms with van der Waals surface area (Å²) >= 11 is 0. The maximum atomic E-state index is 14.6. The van der Waals surface area contributed by atoms with E-state index in [4.69, 9.17) is 5.73 Å². The normalized spacial score (nSPS) is 18.2. The summed E-state index contributed by atoms with van der Waals surface area (Å²) in [4.78, 5) is 71.5. The molecule has 0 saturated carbocycles. The zero-order chi connectivity index (χ0) is 35.0. The quantitative estimate of drug-likeness (QED) is 0.258. The summed E-state index contributed by atoms with van der Waals surface area (Å²) in [5.74, 6) is -3.00. The third-order valence-electron chi connectivity index (χ3n) is 9.56. The van der Waals surface area contributed by atoms with E-state index in [1.807, 2.05) is 30.3 Å². The molecule has 1 saturated heterocycles. The summed E-state index contributed by atoms with van der Waals surface area (Å²) in [5.41, 5.74) is 4.80. The predicted molar refractivity (Wildman–Crippen MR) is 184 cm³/mol. The molecule has 0 bridgehead atoms. The van der Waals surface area contributed by atoms with Gasteiger partial charge in [0.05, 0.1) is 13.6 Å². The number of rotatable bonds is 14. The Morgan fingerprint density at radius 2 is 1.62 bits per heavy atom. The number of nitrogens with one attached hydrogen (secondary N) is 2. The van der Waals surface area contributed by atoms with Gasteiger partial charge >= 0.3 is 0 Å². The largest absolute Gasteiger partial charge is 0.343 e. The fourth-order valence-corrected chi connectivity index (χ4v) is 7.79. The molecule has 5 atom stereocenters. The molecule has 0 radical (unpaired) electrons. The molecule has 2 unspecified atom stereocenters. The maximum Gasteiger partial charge on any atom is 0.252 e. The predicted octanol–water partition coefficient (Wildman–Crippen LogP) is 3.92. The van der Waals surface area contributed by atoms with Crippen molar-refractivity contribution in [2.75, 3.05) is 11.9 Å². The fraction of sp³-hybridized carbons (Fsp3) is 0.514. The van der Waals surface area contributed by atoms with Crippen molar-refractivity contribution in [3.05, 3.63) is 66.2 Å². The van der Waals surface area contributed by atoms with Crippen LogP contribution in [0, 0.1) is 0 Å². The molecule has 47 heavy (non-hydrogen) atoms. The van der Waals surface area contributed by atoms with Gasteiger partial charge < -0.3 is 25.8 Å². The van der Waals surface area contributed by atoms with Crippen LogP contribution in [0.1, 0.15) is 79.2 Å². The SMILES string of the molecule is CCC([PH2]=O)(C(C)(C)N)[C@@](C)(C(=O)Nc1ccccc1)N(C(=O)CCCc1ccccc1)C(=O)[C@H](C)NC(=O)[C@@H]1CCCN1C(C)=O. The van der Waals surface area contributed by atoms with E-state index in [-0.39, 0.29) is 18.7 Å². The number of aryl methyl sites for hydroxylation is 1. The van der Waals surface area contributed by atoms with Crippen molar-refractivity contribution in [3.63, 3.8) is 0 Å². The zero-order valence-corrected chi connectivity index (χ0v) is 29.5. The Bertz CT molecular complexity index is 1450. The molecule has 0 aliphatic carbocycles. The smallest absolute Gasteiger partial charge is 0.252 e. The summed E-state index contributed by atoms with van der Waals surface area (Å²) in [5, 5.41) is 3.99. The molecule has 3 rings (SSSR count). The van der Waals surface area contributed by atoms with Crippen LogP contribution in [-0.2, 0) is 35.0 Å². The van der Waals surface area contributed by atoms with Gasteiger partial charge in [0.1, 0.15) is 17.6 Å². The van der Waals surface area contributed by atoms with Crippen LogP contribution in [0.25, 0.3) is 0 Å². The van der Waals surface area contributed by atoms with Crippen LogP contribution in [0.2, 0.25) is 0 Å². The molecule has 2 aromatic rings. The second-order valence-corrected chi connectivity index (χ2v) is 14.3. The number of benzene rings is 2. The molecular formula is C35H50N5O6P. The highest BCUT2D eigenvalue weighted by atomic mass is 31.1. The summed E-state index contributed by atoms with van der Waals surface area (Å²) < 4.78 is 13.5. The number of imide groups is 1. The minimum atomic E-state index is -2.05.